The maximum Gasteiger partial charge on any atom is 0.240 e. The third-order valence-corrected chi connectivity index (χ3v) is 6.70. The van der Waals surface area contributed by atoms with Gasteiger partial charge in [-0.3, -0.25) is 9.36 Å². The highest BCUT2D eigenvalue weighted by Gasteiger charge is 2.25. The molecule has 6 nitrogen and oxygen atoms in total. The summed E-state index contributed by atoms with van der Waals surface area (Å²) in [7, 11) is 3.43. The number of nitrogens with zero attached hydrogens (tertiary/aromatic N) is 4. The van der Waals surface area contributed by atoms with Gasteiger partial charge in [0.25, 0.3) is 0 Å². The van der Waals surface area contributed by atoms with E-state index >= 15 is 0 Å². The SMILES string of the molecule is COc1ccccc1-n1c(SC(C)C(=O)N(C)c2ccccc2)nnc1-c1cccs1. The van der Waals surface area contributed by atoms with Gasteiger partial charge >= 0.3 is 0 Å². The number of carbonyl (C=O) groups excluding carboxylic acids is 1. The number of carbonyl (C=O) groups is 1. The molecular formula is C23H22N4O2S2. The Morgan fingerprint density at radius 3 is 2.52 bits per heavy atom. The number of para-hydroxylation sites is 3. The molecule has 2 aromatic heterocycles. The number of thioether (sulfide) groups is 1. The number of aromatic nitrogens is 3. The zero-order valence-electron chi connectivity index (χ0n) is 17.4. The lowest BCUT2D eigenvalue weighted by molar-refractivity contribution is -0.117. The number of hydrogen-bond acceptors (Lipinski definition) is 6. The first-order valence-electron chi connectivity index (χ1n) is 9.72. The van der Waals surface area contributed by atoms with Gasteiger partial charge in [0.15, 0.2) is 11.0 Å². The van der Waals surface area contributed by atoms with Crippen LogP contribution < -0.4 is 9.64 Å². The molecule has 1 atom stereocenters. The van der Waals surface area contributed by atoms with Gasteiger partial charge in [-0.25, -0.2) is 0 Å². The molecule has 2 heterocycles. The summed E-state index contributed by atoms with van der Waals surface area (Å²) in [6.07, 6.45) is 0. The number of amides is 1. The largest absolute Gasteiger partial charge is 0.495 e. The van der Waals surface area contributed by atoms with E-state index in [9.17, 15) is 4.79 Å². The Bertz CT molecular complexity index is 1160. The number of thiophene rings is 1. The molecule has 4 aromatic rings. The fraction of sp³-hybridized carbons (Fsp3) is 0.174. The van der Waals surface area contributed by atoms with Gasteiger partial charge in [0.05, 0.1) is 22.9 Å². The first kappa shape index (κ1) is 21.1. The summed E-state index contributed by atoms with van der Waals surface area (Å²) in [5.74, 6) is 1.42. The average molecular weight is 451 g/mol. The molecule has 0 saturated heterocycles. The Labute approximate surface area is 189 Å². The highest BCUT2D eigenvalue weighted by molar-refractivity contribution is 8.00. The minimum absolute atomic E-state index is 0.0107. The van der Waals surface area contributed by atoms with Crippen LogP contribution in [0.1, 0.15) is 6.92 Å². The number of anilines is 1. The Kier molecular flexibility index (Phi) is 6.39. The Morgan fingerprint density at radius 2 is 1.81 bits per heavy atom. The lowest BCUT2D eigenvalue weighted by Crippen LogP contribution is -2.33. The smallest absolute Gasteiger partial charge is 0.240 e. The van der Waals surface area contributed by atoms with E-state index in [1.165, 1.54) is 11.8 Å². The zero-order chi connectivity index (χ0) is 21.8. The molecule has 0 bridgehead atoms. The maximum absolute atomic E-state index is 13.1. The lowest BCUT2D eigenvalue weighted by Gasteiger charge is -2.21. The van der Waals surface area contributed by atoms with Gasteiger partial charge < -0.3 is 9.64 Å². The van der Waals surface area contributed by atoms with Gasteiger partial charge in [0, 0.05) is 12.7 Å². The molecule has 1 unspecified atom stereocenters. The number of methoxy groups -OCH3 is 1. The second kappa shape index (κ2) is 9.36. The van der Waals surface area contributed by atoms with Crippen molar-refractivity contribution in [2.75, 3.05) is 19.1 Å². The van der Waals surface area contributed by atoms with Crippen molar-refractivity contribution in [2.24, 2.45) is 0 Å². The summed E-state index contributed by atoms with van der Waals surface area (Å²) in [6.45, 7) is 1.89. The maximum atomic E-state index is 13.1. The van der Waals surface area contributed by atoms with Crippen molar-refractivity contribution in [1.82, 2.24) is 14.8 Å². The van der Waals surface area contributed by atoms with Crippen LogP contribution in [0.5, 0.6) is 5.75 Å². The molecule has 0 N–H and O–H groups in total. The van der Waals surface area contributed by atoms with Crippen LogP contribution >= 0.6 is 23.1 Å². The fourth-order valence-electron chi connectivity index (χ4n) is 3.20. The van der Waals surface area contributed by atoms with Crippen molar-refractivity contribution in [3.8, 4) is 22.1 Å². The molecule has 0 saturated carbocycles. The van der Waals surface area contributed by atoms with Crippen molar-refractivity contribution < 1.29 is 9.53 Å². The van der Waals surface area contributed by atoms with Crippen LogP contribution in [-0.2, 0) is 4.79 Å². The van der Waals surface area contributed by atoms with Crippen LogP contribution in [0.4, 0.5) is 5.69 Å². The molecule has 4 rings (SSSR count). The molecule has 0 aliphatic carbocycles. The van der Waals surface area contributed by atoms with Crippen LogP contribution in [0.15, 0.2) is 77.3 Å². The van der Waals surface area contributed by atoms with Crippen LogP contribution in [-0.4, -0.2) is 40.1 Å². The second-order valence-corrected chi connectivity index (χ2v) is 9.04. The molecule has 2 aromatic carbocycles. The van der Waals surface area contributed by atoms with E-state index in [-0.39, 0.29) is 11.2 Å². The molecule has 0 aliphatic heterocycles. The summed E-state index contributed by atoms with van der Waals surface area (Å²) in [5.41, 5.74) is 1.68. The van der Waals surface area contributed by atoms with E-state index in [0.717, 1.165) is 22.1 Å². The monoisotopic (exact) mass is 450 g/mol. The fourth-order valence-corrected chi connectivity index (χ4v) is 4.86. The normalized spacial score (nSPS) is 11.8. The minimum Gasteiger partial charge on any atom is -0.495 e. The molecule has 31 heavy (non-hydrogen) atoms. The highest BCUT2D eigenvalue weighted by Crippen LogP contribution is 2.35. The summed E-state index contributed by atoms with van der Waals surface area (Å²) < 4.78 is 7.55. The van der Waals surface area contributed by atoms with Gasteiger partial charge in [-0.05, 0) is 42.6 Å². The lowest BCUT2D eigenvalue weighted by atomic mass is 10.3. The Balaban J connectivity index is 1.69. The Morgan fingerprint density at radius 1 is 1.06 bits per heavy atom. The number of hydrogen-bond donors (Lipinski definition) is 0. The van der Waals surface area contributed by atoms with E-state index in [0.29, 0.717) is 10.9 Å². The van der Waals surface area contributed by atoms with Crippen LogP contribution in [0.2, 0.25) is 0 Å². The summed E-state index contributed by atoms with van der Waals surface area (Å²) in [5, 5.41) is 11.2. The van der Waals surface area contributed by atoms with E-state index in [1.807, 2.05) is 83.6 Å². The molecule has 0 fully saturated rings. The van der Waals surface area contributed by atoms with Gasteiger partial charge in [-0.1, -0.05) is 48.2 Å². The molecule has 0 radical (unpaired) electrons. The van der Waals surface area contributed by atoms with Gasteiger partial charge in [-0.15, -0.1) is 21.5 Å². The van der Waals surface area contributed by atoms with Crippen LogP contribution in [0, 0.1) is 0 Å². The van der Waals surface area contributed by atoms with Crippen molar-refractivity contribution >= 4 is 34.7 Å². The first-order valence-corrected chi connectivity index (χ1v) is 11.5. The third kappa shape index (κ3) is 4.35. The van der Waals surface area contributed by atoms with E-state index in [2.05, 4.69) is 10.2 Å². The molecular weight excluding hydrogens is 428 g/mol. The third-order valence-electron chi connectivity index (χ3n) is 4.81. The van der Waals surface area contributed by atoms with E-state index in [4.69, 9.17) is 4.74 Å². The summed E-state index contributed by atoms with van der Waals surface area (Å²) >= 11 is 2.97. The van der Waals surface area contributed by atoms with Crippen molar-refractivity contribution in [3.63, 3.8) is 0 Å². The second-order valence-electron chi connectivity index (χ2n) is 6.78. The molecule has 8 heteroatoms. The number of ether oxygens (including phenoxy) is 1. The van der Waals surface area contributed by atoms with Crippen LogP contribution in [0.3, 0.4) is 0 Å². The van der Waals surface area contributed by atoms with Gasteiger partial charge in [0.2, 0.25) is 5.91 Å². The molecule has 0 spiro atoms. The van der Waals surface area contributed by atoms with Crippen molar-refractivity contribution in [1.29, 1.82) is 0 Å². The first-order chi connectivity index (χ1) is 15.1. The number of benzene rings is 2. The van der Waals surface area contributed by atoms with Gasteiger partial charge in [0.1, 0.15) is 5.75 Å². The quantitative estimate of drug-likeness (QED) is 0.365. The molecule has 158 valence electrons. The molecule has 0 aliphatic rings. The van der Waals surface area contributed by atoms with Crippen LogP contribution in [0.25, 0.3) is 16.4 Å². The summed E-state index contributed by atoms with van der Waals surface area (Å²) in [6, 6.07) is 21.3. The van der Waals surface area contributed by atoms with Crippen molar-refractivity contribution in [2.45, 2.75) is 17.3 Å². The standard InChI is InChI=1S/C23H22N4O2S2/c1-16(22(28)26(2)17-10-5-4-6-11-17)31-23-25-24-21(20-14-9-15-30-20)27(23)18-12-7-8-13-19(18)29-3/h4-16H,1-3H3. The average Bonchev–Trinajstić information content (AvgIpc) is 3.48. The highest BCUT2D eigenvalue weighted by atomic mass is 32.2. The topological polar surface area (TPSA) is 60.2 Å². The van der Waals surface area contributed by atoms with E-state index in [1.54, 1.807) is 30.4 Å². The predicted octanol–water partition coefficient (Wildman–Crippen LogP) is 5.15. The minimum atomic E-state index is -0.362. The van der Waals surface area contributed by atoms with E-state index < -0.39 is 0 Å². The van der Waals surface area contributed by atoms with Crippen molar-refractivity contribution in [3.05, 3.63) is 72.1 Å². The van der Waals surface area contributed by atoms with Gasteiger partial charge in [-0.2, -0.15) is 0 Å². The zero-order valence-corrected chi connectivity index (χ0v) is 19.1. The molecule has 1 amide bonds. The Hall–Kier alpha value is -3.10. The summed E-state index contributed by atoms with van der Waals surface area (Å²) in [4.78, 5) is 15.7. The number of rotatable bonds is 7. The predicted molar refractivity (Wildman–Crippen MR) is 126 cm³/mol.